The Bertz CT molecular complexity index is 660. The Kier molecular flexibility index (Phi) is 3.47. The molecule has 1 unspecified atom stereocenters. The van der Waals surface area contributed by atoms with E-state index in [9.17, 15) is 4.79 Å². The lowest BCUT2D eigenvalue weighted by Crippen LogP contribution is -2.40. The minimum atomic E-state index is 0.0400. The van der Waals surface area contributed by atoms with E-state index in [1.165, 1.54) is 16.6 Å². The van der Waals surface area contributed by atoms with E-state index in [-0.39, 0.29) is 17.9 Å². The lowest BCUT2D eigenvalue weighted by atomic mass is 9.91. The minimum Gasteiger partial charge on any atom is -0.358 e. The molecule has 3 nitrogen and oxygen atoms in total. The highest BCUT2D eigenvalue weighted by molar-refractivity contribution is 6.31. The number of aromatic amines is 1. The zero-order valence-corrected chi connectivity index (χ0v) is 12.6. The first kappa shape index (κ1) is 13.5. The lowest BCUT2D eigenvalue weighted by molar-refractivity contribution is -0.124. The fourth-order valence-electron chi connectivity index (χ4n) is 2.89. The molecule has 0 radical (unpaired) electrons. The van der Waals surface area contributed by atoms with Crippen molar-refractivity contribution in [2.45, 2.75) is 39.2 Å². The van der Waals surface area contributed by atoms with Crippen molar-refractivity contribution in [3.05, 3.63) is 34.5 Å². The normalized spacial score (nSPS) is 18.3. The Morgan fingerprint density at radius 3 is 3.00 bits per heavy atom. The van der Waals surface area contributed by atoms with Gasteiger partial charge in [-0.2, -0.15) is 0 Å². The zero-order chi connectivity index (χ0) is 14.3. The summed E-state index contributed by atoms with van der Waals surface area (Å²) in [6.45, 7) is 3.86. The fraction of sp³-hybridized carbons (Fsp3) is 0.438. The van der Waals surface area contributed by atoms with Crippen molar-refractivity contribution in [3.8, 4) is 0 Å². The lowest BCUT2D eigenvalue weighted by Gasteiger charge is -2.24. The maximum absolute atomic E-state index is 11.8. The number of amides is 1. The second-order valence-corrected chi connectivity index (χ2v) is 6.31. The summed E-state index contributed by atoms with van der Waals surface area (Å²) < 4.78 is 0. The Morgan fingerprint density at radius 2 is 2.25 bits per heavy atom. The van der Waals surface area contributed by atoms with Crippen LogP contribution in [0.5, 0.6) is 0 Å². The summed E-state index contributed by atoms with van der Waals surface area (Å²) in [6, 6.07) is 6.21. The molecule has 3 rings (SSSR count). The fourth-order valence-corrected chi connectivity index (χ4v) is 3.06. The van der Waals surface area contributed by atoms with E-state index >= 15 is 0 Å². The third-order valence-electron chi connectivity index (χ3n) is 4.02. The van der Waals surface area contributed by atoms with Gasteiger partial charge in [-0.25, -0.2) is 0 Å². The summed E-state index contributed by atoms with van der Waals surface area (Å²) in [5.41, 5.74) is 3.72. The summed E-state index contributed by atoms with van der Waals surface area (Å²) in [4.78, 5) is 15.3. The molecular weight excluding hydrogens is 272 g/mol. The molecule has 4 heteroatoms. The summed E-state index contributed by atoms with van der Waals surface area (Å²) >= 11 is 6.04. The first-order valence-electron chi connectivity index (χ1n) is 7.14. The van der Waals surface area contributed by atoms with Gasteiger partial charge in [0.05, 0.1) is 0 Å². The molecule has 1 heterocycles. The highest BCUT2D eigenvalue weighted by Crippen LogP contribution is 2.30. The van der Waals surface area contributed by atoms with Crippen LogP contribution in [0.2, 0.25) is 5.02 Å². The van der Waals surface area contributed by atoms with Crippen LogP contribution in [0.4, 0.5) is 0 Å². The summed E-state index contributed by atoms with van der Waals surface area (Å²) in [5.74, 6) is 0.180. The number of aromatic nitrogens is 1. The highest BCUT2D eigenvalue weighted by atomic mass is 35.5. The van der Waals surface area contributed by atoms with Gasteiger partial charge in [-0.15, -0.1) is 0 Å². The molecule has 1 aliphatic rings. The van der Waals surface area contributed by atoms with Crippen LogP contribution in [0.25, 0.3) is 10.9 Å². The van der Waals surface area contributed by atoms with Gasteiger partial charge < -0.3 is 10.3 Å². The quantitative estimate of drug-likeness (QED) is 0.874. The van der Waals surface area contributed by atoms with E-state index in [2.05, 4.69) is 16.4 Å². The summed E-state index contributed by atoms with van der Waals surface area (Å²) in [7, 11) is 0. The molecule has 0 saturated heterocycles. The van der Waals surface area contributed by atoms with Crippen LogP contribution < -0.4 is 5.32 Å². The van der Waals surface area contributed by atoms with Crippen LogP contribution in [0, 0.1) is 5.92 Å². The predicted molar refractivity (Wildman–Crippen MR) is 82.1 cm³/mol. The number of halogens is 1. The number of fused-ring (bicyclic) bond motifs is 3. The van der Waals surface area contributed by atoms with Gasteiger partial charge in [-0.1, -0.05) is 31.5 Å². The molecule has 0 bridgehead atoms. The average molecular weight is 291 g/mol. The molecular formula is C16H19ClN2O. The van der Waals surface area contributed by atoms with Crippen LogP contribution in [-0.2, 0) is 17.6 Å². The number of hydrogen-bond donors (Lipinski definition) is 2. The Labute approximate surface area is 123 Å². The number of nitrogens with one attached hydrogen (secondary N) is 2. The van der Waals surface area contributed by atoms with Gasteiger partial charge in [0.1, 0.15) is 0 Å². The van der Waals surface area contributed by atoms with Crippen LogP contribution in [0.1, 0.15) is 31.5 Å². The first-order valence-corrected chi connectivity index (χ1v) is 7.51. The SMILES string of the molecule is CC(C)C(=O)NC1CCc2[nH]c3cc(Cl)ccc3c2C1. The molecule has 2 N–H and O–H groups in total. The number of rotatable bonds is 2. The third kappa shape index (κ3) is 2.42. The van der Waals surface area contributed by atoms with Gasteiger partial charge in [0, 0.05) is 33.6 Å². The van der Waals surface area contributed by atoms with Crippen molar-refractivity contribution >= 4 is 28.4 Å². The molecule has 0 saturated carbocycles. The Morgan fingerprint density at radius 1 is 1.45 bits per heavy atom. The highest BCUT2D eigenvalue weighted by Gasteiger charge is 2.24. The van der Waals surface area contributed by atoms with Gasteiger partial charge in [0.15, 0.2) is 0 Å². The summed E-state index contributed by atoms with van der Waals surface area (Å²) in [6.07, 6.45) is 2.87. The van der Waals surface area contributed by atoms with Crippen molar-refractivity contribution in [2.75, 3.05) is 0 Å². The molecule has 20 heavy (non-hydrogen) atoms. The third-order valence-corrected chi connectivity index (χ3v) is 4.26. The van der Waals surface area contributed by atoms with Gasteiger partial charge >= 0.3 is 0 Å². The van der Waals surface area contributed by atoms with Crippen molar-refractivity contribution in [1.82, 2.24) is 10.3 Å². The molecule has 1 aliphatic carbocycles. The first-order chi connectivity index (χ1) is 9.54. The van der Waals surface area contributed by atoms with Crippen molar-refractivity contribution in [3.63, 3.8) is 0 Å². The van der Waals surface area contributed by atoms with Crippen LogP contribution >= 0.6 is 11.6 Å². The van der Waals surface area contributed by atoms with Crippen LogP contribution in [0.15, 0.2) is 18.2 Å². The van der Waals surface area contributed by atoms with E-state index in [1.807, 2.05) is 26.0 Å². The maximum atomic E-state index is 11.8. The van der Waals surface area contributed by atoms with Gasteiger partial charge in [-0.3, -0.25) is 4.79 Å². The van der Waals surface area contributed by atoms with Gasteiger partial charge in [-0.05, 0) is 37.0 Å². The Balaban J connectivity index is 1.87. The molecule has 1 aromatic heterocycles. The predicted octanol–water partition coefficient (Wildman–Crippen LogP) is 3.45. The zero-order valence-electron chi connectivity index (χ0n) is 11.8. The molecule has 0 fully saturated rings. The molecule has 2 aromatic rings. The van der Waals surface area contributed by atoms with Crippen LogP contribution in [0.3, 0.4) is 0 Å². The van der Waals surface area contributed by atoms with Crippen molar-refractivity contribution in [1.29, 1.82) is 0 Å². The van der Waals surface area contributed by atoms with E-state index < -0.39 is 0 Å². The van der Waals surface area contributed by atoms with Gasteiger partial charge in [0.25, 0.3) is 0 Å². The van der Waals surface area contributed by atoms with Crippen LogP contribution in [-0.4, -0.2) is 16.9 Å². The van der Waals surface area contributed by atoms with E-state index in [0.29, 0.717) is 0 Å². The molecule has 106 valence electrons. The number of carbonyl (C=O) groups excluding carboxylic acids is 1. The largest absolute Gasteiger partial charge is 0.358 e. The van der Waals surface area contributed by atoms with Crippen molar-refractivity contribution < 1.29 is 4.79 Å². The number of hydrogen-bond acceptors (Lipinski definition) is 1. The number of aryl methyl sites for hydroxylation is 1. The minimum absolute atomic E-state index is 0.0400. The number of benzene rings is 1. The van der Waals surface area contributed by atoms with Crippen molar-refractivity contribution in [2.24, 2.45) is 5.92 Å². The van der Waals surface area contributed by atoms with E-state index in [4.69, 9.17) is 11.6 Å². The van der Waals surface area contributed by atoms with E-state index in [1.54, 1.807) is 0 Å². The molecule has 1 aromatic carbocycles. The molecule has 1 amide bonds. The standard InChI is InChI=1S/C16H19ClN2O/c1-9(2)16(20)18-11-4-6-14-13(8-11)12-5-3-10(17)7-15(12)19-14/h3,5,7,9,11,19H,4,6,8H2,1-2H3,(H,18,20). The molecule has 1 atom stereocenters. The van der Waals surface area contributed by atoms with Gasteiger partial charge in [0.2, 0.25) is 5.91 Å². The smallest absolute Gasteiger partial charge is 0.222 e. The summed E-state index contributed by atoms with van der Waals surface area (Å²) in [5, 5.41) is 5.13. The second-order valence-electron chi connectivity index (χ2n) is 5.88. The molecule has 0 aliphatic heterocycles. The second kappa shape index (κ2) is 5.13. The monoisotopic (exact) mass is 290 g/mol. The number of H-pyrrole nitrogens is 1. The topological polar surface area (TPSA) is 44.9 Å². The maximum Gasteiger partial charge on any atom is 0.222 e. The Hall–Kier alpha value is -1.48. The number of carbonyl (C=O) groups is 1. The van der Waals surface area contributed by atoms with E-state index in [0.717, 1.165) is 29.8 Å². The average Bonchev–Trinajstić information content (AvgIpc) is 2.75. The molecule has 0 spiro atoms.